The SMILES string of the molecule is Cc1cc(C)cc(N(C(=O)Cn2nc(C)c([N+](=O)[O-])c2C)c2nc3ccccc3s2)c1. The third-order valence-corrected chi connectivity index (χ3v) is 6.02. The second-order valence-corrected chi connectivity index (χ2v) is 8.48. The van der Waals surface area contributed by atoms with E-state index >= 15 is 0 Å². The number of aryl methyl sites for hydroxylation is 3. The van der Waals surface area contributed by atoms with Gasteiger partial charge in [0, 0.05) is 0 Å². The number of fused-ring (bicyclic) bond motifs is 1. The molecule has 0 saturated heterocycles. The molecule has 1 amide bonds. The Morgan fingerprint density at radius 2 is 1.81 bits per heavy atom. The molecule has 2 aromatic carbocycles. The number of hydrogen-bond donors (Lipinski definition) is 0. The standard InChI is InChI=1S/C22H21N5O3S/c1-13-9-14(2)11-17(10-13)26(22-23-18-7-5-6-8-19(18)31-22)20(28)12-25-16(4)21(27(29)30)15(3)24-25/h5-11H,12H2,1-4H3. The summed E-state index contributed by atoms with van der Waals surface area (Å²) in [7, 11) is 0. The Kier molecular flexibility index (Phi) is 5.28. The normalized spacial score (nSPS) is 11.1. The molecule has 0 fully saturated rings. The fourth-order valence-electron chi connectivity index (χ4n) is 3.70. The fraction of sp³-hybridized carbons (Fsp3) is 0.227. The van der Waals surface area contributed by atoms with Gasteiger partial charge in [-0.2, -0.15) is 5.10 Å². The van der Waals surface area contributed by atoms with Gasteiger partial charge >= 0.3 is 5.69 Å². The molecule has 0 N–H and O–H groups in total. The van der Waals surface area contributed by atoms with Crippen molar-refractivity contribution in [2.75, 3.05) is 4.90 Å². The van der Waals surface area contributed by atoms with Gasteiger partial charge in [-0.15, -0.1) is 0 Å². The van der Waals surface area contributed by atoms with Crippen LogP contribution in [-0.4, -0.2) is 25.6 Å². The second kappa shape index (κ2) is 7.92. The second-order valence-electron chi connectivity index (χ2n) is 7.47. The number of amides is 1. The Morgan fingerprint density at radius 1 is 1.13 bits per heavy atom. The van der Waals surface area contributed by atoms with Crippen LogP contribution >= 0.6 is 11.3 Å². The van der Waals surface area contributed by atoms with Crippen molar-refractivity contribution in [1.82, 2.24) is 14.8 Å². The van der Waals surface area contributed by atoms with Crippen LogP contribution in [0, 0.1) is 37.8 Å². The van der Waals surface area contributed by atoms with E-state index in [4.69, 9.17) is 0 Å². The molecule has 0 saturated carbocycles. The van der Waals surface area contributed by atoms with Gasteiger partial charge in [-0.3, -0.25) is 24.5 Å². The summed E-state index contributed by atoms with van der Waals surface area (Å²) in [5.74, 6) is -0.274. The highest BCUT2D eigenvalue weighted by molar-refractivity contribution is 7.22. The molecule has 2 aromatic heterocycles. The zero-order valence-electron chi connectivity index (χ0n) is 17.6. The zero-order valence-corrected chi connectivity index (χ0v) is 18.4. The highest BCUT2D eigenvalue weighted by atomic mass is 32.1. The minimum Gasteiger partial charge on any atom is -0.272 e. The van der Waals surface area contributed by atoms with E-state index in [2.05, 4.69) is 10.1 Å². The smallest absolute Gasteiger partial charge is 0.272 e. The van der Waals surface area contributed by atoms with Crippen molar-refractivity contribution in [3.05, 3.63) is 75.1 Å². The van der Waals surface area contributed by atoms with Crippen molar-refractivity contribution in [2.45, 2.75) is 34.2 Å². The van der Waals surface area contributed by atoms with E-state index in [9.17, 15) is 14.9 Å². The van der Waals surface area contributed by atoms with E-state index in [1.165, 1.54) is 16.0 Å². The summed E-state index contributed by atoms with van der Waals surface area (Å²) >= 11 is 1.42. The summed E-state index contributed by atoms with van der Waals surface area (Å²) in [5.41, 5.74) is 4.13. The average Bonchev–Trinajstić information content (AvgIpc) is 3.21. The van der Waals surface area contributed by atoms with Gasteiger partial charge in [0.25, 0.3) is 5.91 Å². The summed E-state index contributed by atoms with van der Waals surface area (Å²) < 4.78 is 2.36. The van der Waals surface area contributed by atoms with Crippen LogP contribution in [0.25, 0.3) is 10.2 Å². The molecule has 0 radical (unpaired) electrons. The summed E-state index contributed by atoms with van der Waals surface area (Å²) in [6, 6.07) is 13.6. The predicted octanol–water partition coefficient (Wildman–Crippen LogP) is 5.00. The number of aromatic nitrogens is 3. The highest BCUT2D eigenvalue weighted by Gasteiger charge is 2.27. The third kappa shape index (κ3) is 3.91. The lowest BCUT2D eigenvalue weighted by molar-refractivity contribution is -0.386. The van der Waals surface area contributed by atoms with Gasteiger partial charge in [0.1, 0.15) is 17.9 Å². The lowest BCUT2D eigenvalue weighted by atomic mass is 10.1. The van der Waals surface area contributed by atoms with Gasteiger partial charge in [-0.25, -0.2) is 4.98 Å². The molecule has 0 aliphatic carbocycles. The number of hydrogen-bond acceptors (Lipinski definition) is 6. The third-order valence-electron chi connectivity index (χ3n) is 5.00. The van der Waals surface area contributed by atoms with E-state index in [-0.39, 0.29) is 23.8 Å². The summed E-state index contributed by atoms with van der Waals surface area (Å²) in [6.45, 7) is 6.98. The number of rotatable bonds is 5. The van der Waals surface area contributed by atoms with Crippen LogP contribution in [0.5, 0.6) is 0 Å². The van der Waals surface area contributed by atoms with Gasteiger partial charge in [0.2, 0.25) is 0 Å². The van der Waals surface area contributed by atoms with E-state index in [0.29, 0.717) is 16.5 Å². The lowest BCUT2D eigenvalue weighted by Gasteiger charge is -2.21. The minimum atomic E-state index is -0.464. The Balaban J connectivity index is 1.80. The zero-order chi connectivity index (χ0) is 22.3. The molecular weight excluding hydrogens is 414 g/mol. The maximum Gasteiger partial charge on any atom is 0.312 e. The molecule has 4 aromatic rings. The maximum atomic E-state index is 13.5. The quantitative estimate of drug-likeness (QED) is 0.325. The monoisotopic (exact) mass is 435 g/mol. The number of nitrogens with zero attached hydrogens (tertiary/aromatic N) is 5. The first-order valence-electron chi connectivity index (χ1n) is 9.70. The van der Waals surface area contributed by atoms with Crippen molar-refractivity contribution in [3.8, 4) is 0 Å². The topological polar surface area (TPSA) is 94.2 Å². The average molecular weight is 436 g/mol. The van der Waals surface area contributed by atoms with Crippen LogP contribution in [0.15, 0.2) is 42.5 Å². The van der Waals surface area contributed by atoms with Crippen molar-refractivity contribution < 1.29 is 9.72 Å². The molecular formula is C22H21N5O3S. The summed E-state index contributed by atoms with van der Waals surface area (Å²) in [5, 5.41) is 16.1. The van der Waals surface area contributed by atoms with Gasteiger partial charge in [0.15, 0.2) is 5.13 Å². The molecule has 2 heterocycles. The number of anilines is 2. The van der Waals surface area contributed by atoms with Crippen molar-refractivity contribution in [2.24, 2.45) is 0 Å². The first-order valence-corrected chi connectivity index (χ1v) is 10.5. The fourth-order valence-corrected chi connectivity index (χ4v) is 4.71. The molecule has 0 atom stereocenters. The molecule has 0 spiro atoms. The molecule has 0 aliphatic rings. The Labute approximate surface area is 182 Å². The molecule has 158 valence electrons. The van der Waals surface area contributed by atoms with Gasteiger partial charge < -0.3 is 0 Å². The van der Waals surface area contributed by atoms with Crippen LogP contribution < -0.4 is 4.90 Å². The highest BCUT2D eigenvalue weighted by Crippen LogP contribution is 2.35. The Hall–Kier alpha value is -3.59. The summed E-state index contributed by atoms with van der Waals surface area (Å²) in [6.07, 6.45) is 0. The van der Waals surface area contributed by atoms with E-state index in [1.807, 2.05) is 56.3 Å². The Bertz CT molecular complexity index is 1270. The largest absolute Gasteiger partial charge is 0.312 e. The van der Waals surface area contributed by atoms with Crippen LogP contribution in [0.3, 0.4) is 0 Å². The molecule has 0 bridgehead atoms. The molecule has 0 aliphatic heterocycles. The first-order chi connectivity index (χ1) is 14.7. The van der Waals surface area contributed by atoms with E-state index < -0.39 is 4.92 Å². The number of benzene rings is 2. The van der Waals surface area contributed by atoms with E-state index in [0.717, 1.165) is 21.3 Å². The molecule has 4 rings (SSSR count). The van der Waals surface area contributed by atoms with Crippen molar-refractivity contribution >= 4 is 44.0 Å². The Morgan fingerprint density at radius 3 is 2.42 bits per heavy atom. The van der Waals surface area contributed by atoms with Crippen molar-refractivity contribution in [1.29, 1.82) is 0 Å². The van der Waals surface area contributed by atoms with E-state index in [1.54, 1.807) is 18.7 Å². The maximum absolute atomic E-state index is 13.5. The van der Waals surface area contributed by atoms with Crippen LogP contribution in [0.1, 0.15) is 22.5 Å². The molecule has 8 nitrogen and oxygen atoms in total. The lowest BCUT2D eigenvalue weighted by Crippen LogP contribution is -2.30. The number of carbonyl (C=O) groups excluding carboxylic acids is 1. The molecule has 0 unspecified atom stereocenters. The minimum absolute atomic E-state index is 0.0641. The number of para-hydroxylation sites is 1. The molecule has 9 heteroatoms. The van der Waals surface area contributed by atoms with Gasteiger partial charge in [-0.05, 0) is 63.1 Å². The van der Waals surface area contributed by atoms with Crippen LogP contribution in [-0.2, 0) is 11.3 Å². The number of nitro groups is 1. The summed E-state index contributed by atoms with van der Waals surface area (Å²) in [4.78, 5) is 30.6. The van der Waals surface area contributed by atoms with Gasteiger partial charge in [-0.1, -0.05) is 29.5 Å². The van der Waals surface area contributed by atoms with Gasteiger partial charge in [0.05, 0.1) is 20.8 Å². The first kappa shape index (κ1) is 20.7. The molecule has 31 heavy (non-hydrogen) atoms. The predicted molar refractivity (Wildman–Crippen MR) is 121 cm³/mol. The van der Waals surface area contributed by atoms with Crippen molar-refractivity contribution in [3.63, 3.8) is 0 Å². The number of carbonyl (C=O) groups is 1. The van der Waals surface area contributed by atoms with Crippen LogP contribution in [0.4, 0.5) is 16.5 Å². The number of thiazole rings is 1. The van der Waals surface area contributed by atoms with Crippen LogP contribution in [0.2, 0.25) is 0 Å².